The summed E-state index contributed by atoms with van der Waals surface area (Å²) in [5.41, 5.74) is 1.79. The standard InChI is InChI=1S/C17H21N5O2/c23-17(14-3-7-19-20-14)22-8-4-16-15(12-22)21(9-10-24-16)11-13-1-5-18-6-2-13/h1-3,5-7,15-16H,4,8-12H2,(H,19,20)/t15-,16-/m0/s1. The van der Waals surface area contributed by atoms with Crippen LogP contribution in [0.15, 0.2) is 36.8 Å². The number of piperidine rings is 1. The number of aromatic nitrogens is 3. The number of likely N-dealkylation sites (tertiary alicyclic amines) is 1. The summed E-state index contributed by atoms with van der Waals surface area (Å²) < 4.78 is 5.96. The highest BCUT2D eigenvalue weighted by molar-refractivity contribution is 5.92. The highest BCUT2D eigenvalue weighted by Gasteiger charge is 2.38. The van der Waals surface area contributed by atoms with Crippen LogP contribution >= 0.6 is 0 Å². The fourth-order valence-electron chi connectivity index (χ4n) is 3.59. The number of carbonyl (C=O) groups is 1. The van der Waals surface area contributed by atoms with Gasteiger partial charge in [0.2, 0.25) is 0 Å². The van der Waals surface area contributed by atoms with Crippen molar-refractivity contribution >= 4 is 5.91 Å². The van der Waals surface area contributed by atoms with E-state index in [4.69, 9.17) is 4.74 Å². The summed E-state index contributed by atoms with van der Waals surface area (Å²) >= 11 is 0. The SMILES string of the molecule is O=C(c1ccn[nH]1)N1CC[C@@H]2OCCN(Cc3ccncc3)[C@H]2C1. The molecule has 0 spiro atoms. The molecule has 126 valence electrons. The number of fused-ring (bicyclic) bond motifs is 1. The van der Waals surface area contributed by atoms with Crippen LogP contribution in [0.5, 0.6) is 0 Å². The normalized spacial score (nSPS) is 24.6. The lowest BCUT2D eigenvalue weighted by Gasteiger charge is -2.47. The second kappa shape index (κ2) is 6.70. The van der Waals surface area contributed by atoms with Crippen molar-refractivity contribution in [3.63, 3.8) is 0 Å². The molecule has 2 fully saturated rings. The highest BCUT2D eigenvalue weighted by Crippen LogP contribution is 2.25. The molecule has 0 aromatic carbocycles. The molecule has 24 heavy (non-hydrogen) atoms. The Balaban J connectivity index is 1.48. The lowest BCUT2D eigenvalue weighted by Crippen LogP contribution is -2.60. The van der Waals surface area contributed by atoms with Gasteiger partial charge in [-0.05, 0) is 30.2 Å². The van der Waals surface area contributed by atoms with Gasteiger partial charge in [0.25, 0.3) is 5.91 Å². The van der Waals surface area contributed by atoms with E-state index in [-0.39, 0.29) is 18.1 Å². The van der Waals surface area contributed by atoms with E-state index in [0.29, 0.717) is 12.2 Å². The van der Waals surface area contributed by atoms with Crippen molar-refractivity contribution in [1.82, 2.24) is 25.0 Å². The second-order valence-electron chi connectivity index (χ2n) is 6.31. The molecular weight excluding hydrogens is 306 g/mol. The molecule has 2 aromatic rings. The van der Waals surface area contributed by atoms with Gasteiger partial charge >= 0.3 is 0 Å². The molecule has 7 nitrogen and oxygen atoms in total. The number of ether oxygens (including phenoxy) is 1. The molecule has 1 amide bonds. The first-order valence-corrected chi connectivity index (χ1v) is 8.34. The molecule has 2 aliphatic heterocycles. The van der Waals surface area contributed by atoms with Crippen molar-refractivity contribution in [2.45, 2.75) is 25.1 Å². The molecule has 4 rings (SSSR count). The van der Waals surface area contributed by atoms with Crippen molar-refractivity contribution in [2.75, 3.05) is 26.2 Å². The van der Waals surface area contributed by atoms with E-state index in [9.17, 15) is 4.79 Å². The Kier molecular flexibility index (Phi) is 4.27. The van der Waals surface area contributed by atoms with Crippen LogP contribution in [-0.2, 0) is 11.3 Å². The number of carbonyl (C=O) groups excluding carboxylic acids is 1. The Labute approximate surface area is 140 Å². The van der Waals surface area contributed by atoms with E-state index in [1.165, 1.54) is 5.56 Å². The number of amides is 1. The zero-order valence-corrected chi connectivity index (χ0v) is 13.5. The molecule has 2 aromatic heterocycles. The first-order valence-electron chi connectivity index (χ1n) is 8.34. The summed E-state index contributed by atoms with van der Waals surface area (Å²) in [5.74, 6) is 0.0142. The monoisotopic (exact) mass is 327 g/mol. The van der Waals surface area contributed by atoms with Crippen LogP contribution in [0.3, 0.4) is 0 Å². The second-order valence-corrected chi connectivity index (χ2v) is 6.31. The Morgan fingerprint density at radius 3 is 2.92 bits per heavy atom. The van der Waals surface area contributed by atoms with Crippen molar-refractivity contribution in [1.29, 1.82) is 0 Å². The smallest absolute Gasteiger partial charge is 0.271 e. The summed E-state index contributed by atoms with van der Waals surface area (Å²) in [4.78, 5) is 21.0. The van der Waals surface area contributed by atoms with Gasteiger partial charge in [-0.25, -0.2) is 0 Å². The Hall–Kier alpha value is -2.25. The van der Waals surface area contributed by atoms with Crippen LogP contribution in [0, 0.1) is 0 Å². The Morgan fingerprint density at radius 1 is 1.25 bits per heavy atom. The lowest BCUT2D eigenvalue weighted by molar-refractivity contribution is -0.101. The minimum atomic E-state index is 0.0142. The summed E-state index contributed by atoms with van der Waals surface area (Å²) in [6.45, 7) is 3.91. The van der Waals surface area contributed by atoms with E-state index >= 15 is 0 Å². The van der Waals surface area contributed by atoms with Crippen LogP contribution in [0.2, 0.25) is 0 Å². The first kappa shape index (κ1) is 15.3. The number of nitrogens with zero attached hydrogens (tertiary/aromatic N) is 4. The van der Waals surface area contributed by atoms with Crippen molar-refractivity contribution in [2.24, 2.45) is 0 Å². The van der Waals surface area contributed by atoms with Gasteiger partial charge in [-0.2, -0.15) is 5.10 Å². The largest absolute Gasteiger partial charge is 0.375 e. The van der Waals surface area contributed by atoms with E-state index in [1.54, 1.807) is 12.3 Å². The average molecular weight is 327 g/mol. The van der Waals surface area contributed by atoms with E-state index in [1.807, 2.05) is 29.4 Å². The van der Waals surface area contributed by atoms with Gasteiger partial charge in [0.05, 0.1) is 18.8 Å². The molecule has 2 aliphatic rings. The number of pyridine rings is 1. The maximum absolute atomic E-state index is 12.6. The first-order chi connectivity index (χ1) is 11.8. The van der Waals surface area contributed by atoms with Crippen LogP contribution in [0.1, 0.15) is 22.5 Å². The fourth-order valence-corrected chi connectivity index (χ4v) is 3.59. The quantitative estimate of drug-likeness (QED) is 0.907. The number of H-pyrrole nitrogens is 1. The third-order valence-corrected chi connectivity index (χ3v) is 4.85. The van der Waals surface area contributed by atoms with Gasteiger partial charge in [-0.15, -0.1) is 0 Å². The number of aromatic amines is 1. The van der Waals surface area contributed by atoms with Crippen molar-refractivity contribution in [3.8, 4) is 0 Å². The summed E-state index contributed by atoms with van der Waals surface area (Å²) in [6, 6.07) is 6.04. The third kappa shape index (κ3) is 3.05. The topological polar surface area (TPSA) is 74.3 Å². The van der Waals surface area contributed by atoms with Gasteiger partial charge in [0.15, 0.2) is 0 Å². The number of hydrogen-bond acceptors (Lipinski definition) is 5. The van der Waals surface area contributed by atoms with Crippen LogP contribution < -0.4 is 0 Å². The summed E-state index contributed by atoms with van der Waals surface area (Å²) in [7, 11) is 0. The molecule has 0 saturated carbocycles. The minimum absolute atomic E-state index is 0.0142. The zero-order valence-electron chi connectivity index (χ0n) is 13.5. The minimum Gasteiger partial charge on any atom is -0.375 e. The Morgan fingerprint density at radius 2 is 2.12 bits per heavy atom. The molecule has 0 radical (unpaired) electrons. The molecule has 7 heteroatoms. The molecule has 4 heterocycles. The molecule has 0 unspecified atom stereocenters. The van der Waals surface area contributed by atoms with Gasteiger partial charge in [-0.1, -0.05) is 0 Å². The molecule has 0 aliphatic carbocycles. The molecule has 2 saturated heterocycles. The van der Waals surface area contributed by atoms with E-state index in [0.717, 1.165) is 32.7 Å². The molecule has 1 N–H and O–H groups in total. The van der Waals surface area contributed by atoms with Crippen molar-refractivity contribution < 1.29 is 9.53 Å². The highest BCUT2D eigenvalue weighted by atomic mass is 16.5. The van der Waals surface area contributed by atoms with Crippen LogP contribution in [0.4, 0.5) is 0 Å². The summed E-state index contributed by atoms with van der Waals surface area (Å²) in [6.07, 6.45) is 6.33. The zero-order chi connectivity index (χ0) is 16.4. The lowest BCUT2D eigenvalue weighted by atomic mass is 9.97. The van der Waals surface area contributed by atoms with Crippen LogP contribution in [-0.4, -0.2) is 69.3 Å². The predicted octanol–water partition coefficient (Wildman–Crippen LogP) is 0.920. The number of rotatable bonds is 3. The van der Waals surface area contributed by atoms with E-state index in [2.05, 4.69) is 20.1 Å². The average Bonchev–Trinajstić information content (AvgIpc) is 3.17. The maximum Gasteiger partial charge on any atom is 0.271 e. The molecular formula is C17H21N5O2. The molecule has 2 atom stereocenters. The summed E-state index contributed by atoms with van der Waals surface area (Å²) in [5, 5.41) is 6.64. The third-order valence-electron chi connectivity index (χ3n) is 4.85. The van der Waals surface area contributed by atoms with Gasteiger partial charge in [-0.3, -0.25) is 19.8 Å². The number of hydrogen-bond donors (Lipinski definition) is 1. The number of nitrogens with one attached hydrogen (secondary N) is 1. The van der Waals surface area contributed by atoms with E-state index < -0.39 is 0 Å². The predicted molar refractivity (Wildman–Crippen MR) is 87.3 cm³/mol. The van der Waals surface area contributed by atoms with Gasteiger partial charge < -0.3 is 9.64 Å². The van der Waals surface area contributed by atoms with Crippen molar-refractivity contribution in [3.05, 3.63) is 48.0 Å². The molecule has 0 bridgehead atoms. The van der Waals surface area contributed by atoms with Gasteiger partial charge in [0.1, 0.15) is 5.69 Å². The van der Waals surface area contributed by atoms with Crippen LogP contribution in [0.25, 0.3) is 0 Å². The Bertz CT molecular complexity index is 676. The van der Waals surface area contributed by atoms with Gasteiger partial charge in [0, 0.05) is 44.8 Å². The fraction of sp³-hybridized carbons (Fsp3) is 0.471. The number of morpholine rings is 1. The maximum atomic E-state index is 12.6.